The Kier molecular flexibility index (Phi) is 5.58. The minimum absolute atomic E-state index is 0.0824. The molecule has 0 aliphatic heterocycles. The van der Waals surface area contributed by atoms with Crippen LogP contribution < -0.4 is 5.32 Å². The zero-order chi connectivity index (χ0) is 18.5. The fourth-order valence-electron chi connectivity index (χ4n) is 2.93. The van der Waals surface area contributed by atoms with Gasteiger partial charge < -0.3 is 10.4 Å². The highest BCUT2D eigenvalue weighted by molar-refractivity contribution is 6.07. The number of nitrogens with zero attached hydrogens (tertiary/aromatic N) is 2. The van der Waals surface area contributed by atoms with Crippen molar-refractivity contribution in [1.82, 2.24) is 15.3 Å². The van der Waals surface area contributed by atoms with Gasteiger partial charge in [-0.15, -0.1) is 0 Å². The number of carbonyl (C=O) groups excluding carboxylic acids is 1. The van der Waals surface area contributed by atoms with Crippen molar-refractivity contribution in [3.8, 4) is 11.3 Å². The highest BCUT2D eigenvalue weighted by Crippen LogP contribution is 2.24. The standard InChI is InChI=1S/C21H23N3O2/c1-3-14(2)20(13-25)24-21(26)17-12-19(15-8-10-22-11-9-15)23-18-7-5-4-6-16(17)18/h4-12,14,20,25H,3,13H2,1-2H3,(H,24,26)/t14-,20-/m1/s1. The van der Waals surface area contributed by atoms with Crippen LogP contribution in [0.2, 0.25) is 0 Å². The van der Waals surface area contributed by atoms with Gasteiger partial charge >= 0.3 is 0 Å². The second kappa shape index (κ2) is 8.06. The quantitative estimate of drug-likeness (QED) is 0.715. The molecule has 0 bridgehead atoms. The molecule has 0 fully saturated rings. The molecule has 0 unspecified atom stereocenters. The first-order valence-corrected chi connectivity index (χ1v) is 8.86. The number of fused-ring (bicyclic) bond motifs is 1. The summed E-state index contributed by atoms with van der Waals surface area (Å²) in [6, 6.07) is 12.9. The highest BCUT2D eigenvalue weighted by Gasteiger charge is 2.20. The normalized spacial score (nSPS) is 13.3. The largest absolute Gasteiger partial charge is 0.394 e. The average molecular weight is 349 g/mol. The second-order valence-electron chi connectivity index (χ2n) is 6.46. The number of rotatable bonds is 6. The lowest BCUT2D eigenvalue weighted by Gasteiger charge is -2.22. The van der Waals surface area contributed by atoms with Gasteiger partial charge in [-0.3, -0.25) is 9.78 Å². The van der Waals surface area contributed by atoms with Crippen LogP contribution in [-0.4, -0.2) is 33.6 Å². The van der Waals surface area contributed by atoms with E-state index in [9.17, 15) is 9.90 Å². The van der Waals surface area contributed by atoms with Crippen LogP contribution in [0.4, 0.5) is 0 Å². The van der Waals surface area contributed by atoms with Crippen molar-refractivity contribution in [1.29, 1.82) is 0 Å². The van der Waals surface area contributed by atoms with E-state index < -0.39 is 0 Å². The first kappa shape index (κ1) is 18.0. The van der Waals surface area contributed by atoms with Gasteiger partial charge in [-0.25, -0.2) is 4.98 Å². The number of pyridine rings is 2. The first-order valence-electron chi connectivity index (χ1n) is 8.86. The molecule has 0 saturated heterocycles. The Morgan fingerprint density at radius 1 is 1.19 bits per heavy atom. The van der Waals surface area contributed by atoms with Gasteiger partial charge in [0.05, 0.1) is 29.4 Å². The van der Waals surface area contributed by atoms with E-state index in [1.54, 1.807) is 18.5 Å². The summed E-state index contributed by atoms with van der Waals surface area (Å²) in [6.45, 7) is 3.98. The van der Waals surface area contributed by atoms with E-state index in [0.29, 0.717) is 5.56 Å². The summed E-state index contributed by atoms with van der Waals surface area (Å²) in [6.07, 6.45) is 4.29. The molecule has 0 spiro atoms. The summed E-state index contributed by atoms with van der Waals surface area (Å²) in [7, 11) is 0. The molecule has 1 aromatic carbocycles. The van der Waals surface area contributed by atoms with Crippen molar-refractivity contribution in [2.24, 2.45) is 5.92 Å². The maximum atomic E-state index is 13.0. The van der Waals surface area contributed by atoms with Crippen LogP contribution in [0.15, 0.2) is 54.9 Å². The van der Waals surface area contributed by atoms with Gasteiger partial charge in [0, 0.05) is 23.3 Å². The van der Waals surface area contributed by atoms with Crippen LogP contribution in [0.3, 0.4) is 0 Å². The van der Waals surface area contributed by atoms with Gasteiger partial charge in [0.15, 0.2) is 0 Å². The van der Waals surface area contributed by atoms with Gasteiger partial charge in [-0.05, 0) is 30.2 Å². The number of hydrogen-bond donors (Lipinski definition) is 2. The Balaban J connectivity index is 2.05. The number of amides is 1. The van der Waals surface area contributed by atoms with E-state index in [-0.39, 0.29) is 24.5 Å². The molecular weight excluding hydrogens is 326 g/mol. The lowest BCUT2D eigenvalue weighted by atomic mass is 9.98. The molecule has 26 heavy (non-hydrogen) atoms. The number of nitrogens with one attached hydrogen (secondary N) is 1. The van der Waals surface area contributed by atoms with E-state index in [1.165, 1.54) is 0 Å². The molecular formula is C21H23N3O2. The number of para-hydroxylation sites is 1. The average Bonchev–Trinajstić information content (AvgIpc) is 2.71. The summed E-state index contributed by atoms with van der Waals surface area (Å²) < 4.78 is 0. The topological polar surface area (TPSA) is 75.1 Å². The Labute approximate surface area is 153 Å². The van der Waals surface area contributed by atoms with Gasteiger partial charge in [0.1, 0.15) is 0 Å². The second-order valence-corrected chi connectivity index (χ2v) is 6.46. The first-order chi connectivity index (χ1) is 12.6. The smallest absolute Gasteiger partial charge is 0.252 e. The van der Waals surface area contributed by atoms with Crippen LogP contribution in [0, 0.1) is 5.92 Å². The predicted molar refractivity (Wildman–Crippen MR) is 103 cm³/mol. The summed E-state index contributed by atoms with van der Waals surface area (Å²) in [5.74, 6) is -0.00465. The molecule has 0 aliphatic carbocycles. The van der Waals surface area contributed by atoms with Crippen molar-refractivity contribution >= 4 is 16.8 Å². The number of aliphatic hydroxyl groups excluding tert-OH is 1. The van der Waals surface area contributed by atoms with E-state index in [0.717, 1.165) is 28.6 Å². The van der Waals surface area contributed by atoms with Crippen molar-refractivity contribution in [3.05, 3.63) is 60.4 Å². The molecule has 5 heteroatoms. The SMILES string of the molecule is CC[C@@H](C)[C@@H](CO)NC(=O)c1cc(-c2ccncc2)nc2ccccc12. The number of carbonyl (C=O) groups is 1. The molecule has 134 valence electrons. The van der Waals surface area contributed by atoms with Crippen molar-refractivity contribution in [2.45, 2.75) is 26.3 Å². The van der Waals surface area contributed by atoms with Crippen LogP contribution in [0.5, 0.6) is 0 Å². The van der Waals surface area contributed by atoms with Gasteiger partial charge in [0.2, 0.25) is 0 Å². The fourth-order valence-corrected chi connectivity index (χ4v) is 2.93. The summed E-state index contributed by atoms with van der Waals surface area (Å²) >= 11 is 0. The number of aromatic nitrogens is 2. The van der Waals surface area contributed by atoms with E-state index in [2.05, 4.69) is 15.3 Å². The van der Waals surface area contributed by atoms with Crippen LogP contribution >= 0.6 is 0 Å². The molecule has 0 radical (unpaired) electrons. The van der Waals surface area contributed by atoms with Crippen molar-refractivity contribution in [2.75, 3.05) is 6.61 Å². The van der Waals surface area contributed by atoms with E-state index in [4.69, 9.17) is 0 Å². The molecule has 3 aromatic rings. The Hall–Kier alpha value is -2.79. The lowest BCUT2D eigenvalue weighted by Crippen LogP contribution is -2.42. The van der Waals surface area contributed by atoms with Gasteiger partial charge in [0.25, 0.3) is 5.91 Å². The number of aliphatic hydroxyl groups is 1. The molecule has 2 heterocycles. The number of hydrogen-bond acceptors (Lipinski definition) is 4. The van der Waals surface area contributed by atoms with Crippen molar-refractivity contribution < 1.29 is 9.90 Å². The van der Waals surface area contributed by atoms with Crippen molar-refractivity contribution in [3.63, 3.8) is 0 Å². The third kappa shape index (κ3) is 3.73. The predicted octanol–water partition coefficient (Wildman–Crippen LogP) is 3.43. The summed E-state index contributed by atoms with van der Waals surface area (Å²) in [5, 5.41) is 13.4. The van der Waals surface area contributed by atoms with E-state index in [1.807, 2.05) is 50.2 Å². The zero-order valence-electron chi connectivity index (χ0n) is 15.0. The molecule has 2 aromatic heterocycles. The molecule has 0 saturated carbocycles. The van der Waals surface area contributed by atoms with Gasteiger partial charge in [-0.1, -0.05) is 38.5 Å². The molecule has 2 N–H and O–H groups in total. The third-order valence-corrected chi connectivity index (χ3v) is 4.78. The molecule has 1 amide bonds. The summed E-state index contributed by atoms with van der Waals surface area (Å²) in [4.78, 5) is 21.7. The molecule has 2 atom stereocenters. The lowest BCUT2D eigenvalue weighted by molar-refractivity contribution is 0.0893. The Bertz CT molecular complexity index is 896. The highest BCUT2D eigenvalue weighted by atomic mass is 16.3. The third-order valence-electron chi connectivity index (χ3n) is 4.78. The maximum Gasteiger partial charge on any atom is 0.252 e. The number of benzene rings is 1. The minimum Gasteiger partial charge on any atom is -0.394 e. The Morgan fingerprint density at radius 2 is 1.92 bits per heavy atom. The van der Waals surface area contributed by atoms with Gasteiger partial charge in [-0.2, -0.15) is 0 Å². The van der Waals surface area contributed by atoms with Crippen LogP contribution in [0.1, 0.15) is 30.6 Å². The zero-order valence-corrected chi connectivity index (χ0v) is 15.0. The fraction of sp³-hybridized carbons (Fsp3) is 0.286. The molecule has 3 rings (SSSR count). The Morgan fingerprint density at radius 3 is 2.62 bits per heavy atom. The monoisotopic (exact) mass is 349 g/mol. The maximum absolute atomic E-state index is 13.0. The van der Waals surface area contributed by atoms with E-state index >= 15 is 0 Å². The van der Waals surface area contributed by atoms with Crippen LogP contribution in [-0.2, 0) is 0 Å². The molecule has 0 aliphatic rings. The molecule has 5 nitrogen and oxygen atoms in total. The summed E-state index contributed by atoms with van der Waals surface area (Å²) in [5.41, 5.74) is 2.95. The van der Waals surface area contributed by atoms with Crippen LogP contribution in [0.25, 0.3) is 22.2 Å². The minimum atomic E-state index is -0.274.